The molecule has 1 fully saturated rings. The lowest BCUT2D eigenvalue weighted by molar-refractivity contribution is 0.0556. The lowest BCUT2D eigenvalue weighted by atomic mass is 9.96. The van der Waals surface area contributed by atoms with Gasteiger partial charge in [-0.2, -0.15) is 0 Å². The van der Waals surface area contributed by atoms with E-state index in [9.17, 15) is 14.4 Å². The predicted octanol–water partition coefficient (Wildman–Crippen LogP) is 3.34. The molecule has 3 aromatic rings. The van der Waals surface area contributed by atoms with Crippen LogP contribution < -0.4 is 14.2 Å². The van der Waals surface area contributed by atoms with Crippen molar-refractivity contribution in [3.63, 3.8) is 0 Å². The van der Waals surface area contributed by atoms with E-state index in [1.54, 1.807) is 62.6 Å². The number of likely N-dealkylation sites (tertiary alicyclic amines) is 1. The molecule has 0 radical (unpaired) electrons. The Morgan fingerprint density at radius 1 is 0.943 bits per heavy atom. The molecule has 0 spiro atoms. The Morgan fingerprint density at radius 3 is 2.14 bits per heavy atom. The van der Waals surface area contributed by atoms with Crippen molar-refractivity contribution in [2.75, 3.05) is 41.0 Å². The van der Waals surface area contributed by atoms with Gasteiger partial charge in [0.15, 0.2) is 11.5 Å². The summed E-state index contributed by atoms with van der Waals surface area (Å²) in [7, 11) is 4.66. The highest BCUT2D eigenvalue weighted by atomic mass is 16.5. The maximum Gasteiger partial charge on any atom is 0.270 e. The van der Waals surface area contributed by atoms with Crippen LogP contribution in [-0.2, 0) is 0 Å². The molecule has 0 unspecified atom stereocenters. The smallest absolute Gasteiger partial charge is 0.270 e. The van der Waals surface area contributed by atoms with Crippen LogP contribution in [0.4, 0.5) is 0 Å². The molecule has 2 aliphatic rings. The van der Waals surface area contributed by atoms with E-state index >= 15 is 0 Å². The molecule has 2 aliphatic heterocycles. The van der Waals surface area contributed by atoms with Crippen LogP contribution in [-0.4, -0.2) is 73.5 Å². The largest absolute Gasteiger partial charge is 0.496 e. The van der Waals surface area contributed by atoms with Crippen molar-refractivity contribution >= 4 is 28.6 Å². The van der Waals surface area contributed by atoms with Gasteiger partial charge in [0.1, 0.15) is 11.4 Å². The minimum atomic E-state index is -0.236. The number of rotatable bonds is 6. The molecule has 0 aliphatic carbocycles. The van der Waals surface area contributed by atoms with Crippen molar-refractivity contribution in [1.29, 1.82) is 0 Å². The zero-order valence-electron chi connectivity index (χ0n) is 19.9. The number of carbonyl (C=O) groups is 3. The number of aromatic nitrogens is 1. The SMILES string of the molecule is COc1cc(OC)c2cc(C(=O)N3CCC(CN4C(=O)c5ccccc5C4=O)CC3)[nH]c2c1OC. The second-order valence-corrected chi connectivity index (χ2v) is 8.79. The Kier molecular flexibility index (Phi) is 5.84. The van der Waals surface area contributed by atoms with Crippen LogP contribution in [0.25, 0.3) is 10.9 Å². The van der Waals surface area contributed by atoms with Crippen LogP contribution >= 0.6 is 0 Å². The lowest BCUT2D eigenvalue weighted by Gasteiger charge is -2.33. The van der Waals surface area contributed by atoms with Gasteiger partial charge in [0.25, 0.3) is 17.7 Å². The third-order valence-corrected chi connectivity index (χ3v) is 6.89. The fraction of sp³-hybridized carbons (Fsp3) is 0.346. The van der Waals surface area contributed by atoms with E-state index in [0.29, 0.717) is 72.1 Å². The van der Waals surface area contributed by atoms with Gasteiger partial charge in [0.05, 0.1) is 38.0 Å². The lowest BCUT2D eigenvalue weighted by Crippen LogP contribution is -2.43. The molecule has 182 valence electrons. The maximum atomic E-state index is 13.3. The van der Waals surface area contributed by atoms with Gasteiger partial charge >= 0.3 is 0 Å². The van der Waals surface area contributed by atoms with Gasteiger partial charge in [-0.05, 0) is 37.0 Å². The molecule has 3 amide bonds. The van der Waals surface area contributed by atoms with Crippen LogP contribution in [0.15, 0.2) is 36.4 Å². The number of nitrogens with zero attached hydrogens (tertiary/aromatic N) is 2. The summed E-state index contributed by atoms with van der Waals surface area (Å²) in [5, 5.41) is 0.731. The van der Waals surface area contributed by atoms with Crippen LogP contribution in [0.1, 0.15) is 44.0 Å². The van der Waals surface area contributed by atoms with Crippen molar-refractivity contribution in [3.8, 4) is 17.2 Å². The van der Waals surface area contributed by atoms with E-state index in [-0.39, 0.29) is 23.6 Å². The second kappa shape index (κ2) is 8.98. The summed E-state index contributed by atoms with van der Waals surface area (Å²) in [6.45, 7) is 1.45. The highest BCUT2D eigenvalue weighted by Gasteiger charge is 2.37. The minimum Gasteiger partial charge on any atom is -0.496 e. The van der Waals surface area contributed by atoms with Gasteiger partial charge < -0.3 is 24.1 Å². The summed E-state index contributed by atoms with van der Waals surface area (Å²) in [5.74, 6) is 1.14. The molecule has 3 heterocycles. The molecule has 5 rings (SSSR count). The van der Waals surface area contributed by atoms with Gasteiger partial charge in [0, 0.05) is 31.1 Å². The van der Waals surface area contributed by atoms with Crippen molar-refractivity contribution in [2.45, 2.75) is 12.8 Å². The molecule has 0 saturated carbocycles. The van der Waals surface area contributed by atoms with Crippen molar-refractivity contribution < 1.29 is 28.6 Å². The molecule has 0 bridgehead atoms. The monoisotopic (exact) mass is 477 g/mol. The minimum absolute atomic E-state index is 0.122. The topological polar surface area (TPSA) is 101 Å². The fourth-order valence-corrected chi connectivity index (χ4v) is 5.00. The third kappa shape index (κ3) is 3.77. The first-order valence-corrected chi connectivity index (χ1v) is 11.5. The van der Waals surface area contributed by atoms with Crippen molar-refractivity contribution in [1.82, 2.24) is 14.8 Å². The number of nitrogens with one attached hydrogen (secondary N) is 1. The van der Waals surface area contributed by atoms with Gasteiger partial charge in [-0.25, -0.2) is 0 Å². The van der Waals surface area contributed by atoms with Crippen LogP contribution in [0, 0.1) is 5.92 Å². The Morgan fingerprint density at radius 2 is 1.57 bits per heavy atom. The van der Waals surface area contributed by atoms with E-state index in [0.717, 1.165) is 5.39 Å². The number of ether oxygens (including phenoxy) is 3. The molecule has 9 nitrogen and oxygen atoms in total. The zero-order valence-corrected chi connectivity index (χ0v) is 19.9. The fourth-order valence-electron chi connectivity index (χ4n) is 5.00. The Hall–Kier alpha value is -4.01. The third-order valence-electron chi connectivity index (χ3n) is 6.89. The number of hydrogen-bond acceptors (Lipinski definition) is 6. The van der Waals surface area contributed by atoms with E-state index in [2.05, 4.69) is 4.98 Å². The molecule has 2 aromatic carbocycles. The average Bonchev–Trinajstić information content (AvgIpc) is 3.44. The number of carbonyl (C=O) groups excluding carboxylic acids is 3. The van der Waals surface area contributed by atoms with Crippen LogP contribution in [0.2, 0.25) is 0 Å². The zero-order chi connectivity index (χ0) is 24.7. The summed E-state index contributed by atoms with van der Waals surface area (Å²) >= 11 is 0. The van der Waals surface area contributed by atoms with E-state index in [4.69, 9.17) is 14.2 Å². The number of hydrogen-bond donors (Lipinski definition) is 1. The standard InChI is InChI=1S/C26H27N3O6/c1-33-20-13-21(34-2)23(35-3)22-18(20)12-19(27-22)26(32)28-10-8-15(9-11-28)14-29-24(30)16-6-4-5-7-17(16)25(29)31/h4-7,12-13,15,27H,8-11,14H2,1-3H3. The van der Waals surface area contributed by atoms with Crippen molar-refractivity contribution in [2.24, 2.45) is 5.92 Å². The number of aromatic amines is 1. The highest BCUT2D eigenvalue weighted by molar-refractivity contribution is 6.21. The predicted molar refractivity (Wildman–Crippen MR) is 128 cm³/mol. The molecular formula is C26H27N3O6. The normalized spacial score (nSPS) is 16.1. The van der Waals surface area contributed by atoms with Crippen LogP contribution in [0.3, 0.4) is 0 Å². The summed E-state index contributed by atoms with van der Waals surface area (Å²) in [4.78, 5) is 45.0. The van der Waals surface area contributed by atoms with Crippen molar-refractivity contribution in [3.05, 3.63) is 53.2 Å². The second-order valence-electron chi connectivity index (χ2n) is 8.79. The van der Waals surface area contributed by atoms with E-state index in [1.165, 1.54) is 4.90 Å². The maximum absolute atomic E-state index is 13.3. The molecule has 0 atom stereocenters. The summed E-state index contributed by atoms with van der Waals surface area (Å²) in [5.41, 5.74) is 1.99. The number of methoxy groups -OCH3 is 3. The molecule has 9 heteroatoms. The quantitative estimate of drug-likeness (QED) is 0.547. The summed E-state index contributed by atoms with van der Waals surface area (Å²) in [6, 6.07) is 10.4. The Bertz CT molecular complexity index is 1290. The van der Waals surface area contributed by atoms with Gasteiger partial charge in [-0.3, -0.25) is 19.3 Å². The number of amides is 3. The number of imide groups is 1. The van der Waals surface area contributed by atoms with E-state index in [1.807, 2.05) is 0 Å². The average molecular weight is 478 g/mol. The summed E-state index contributed by atoms with van der Waals surface area (Å²) < 4.78 is 16.4. The first-order valence-electron chi connectivity index (χ1n) is 11.5. The Labute approximate surface area is 202 Å². The van der Waals surface area contributed by atoms with E-state index < -0.39 is 0 Å². The number of piperidine rings is 1. The molecule has 1 N–H and O–H groups in total. The number of fused-ring (bicyclic) bond motifs is 2. The molecule has 35 heavy (non-hydrogen) atoms. The summed E-state index contributed by atoms with van der Waals surface area (Å²) in [6.07, 6.45) is 1.42. The van der Waals surface area contributed by atoms with Gasteiger partial charge in [0.2, 0.25) is 0 Å². The first-order chi connectivity index (χ1) is 17.0. The molecule has 1 saturated heterocycles. The highest BCUT2D eigenvalue weighted by Crippen LogP contribution is 2.41. The Balaban J connectivity index is 1.28. The van der Waals surface area contributed by atoms with Gasteiger partial charge in [-0.1, -0.05) is 12.1 Å². The molecular weight excluding hydrogens is 450 g/mol. The van der Waals surface area contributed by atoms with Crippen LogP contribution in [0.5, 0.6) is 17.2 Å². The van der Waals surface area contributed by atoms with Gasteiger partial charge in [-0.15, -0.1) is 0 Å². The first kappa shape index (κ1) is 22.8. The molecule has 1 aromatic heterocycles. The number of H-pyrrole nitrogens is 1. The number of benzene rings is 2.